The average molecular weight is 298 g/mol. The lowest BCUT2D eigenvalue weighted by Gasteiger charge is -2.12. The third-order valence-corrected chi connectivity index (χ3v) is 3.29. The summed E-state index contributed by atoms with van der Waals surface area (Å²) in [5.41, 5.74) is -0.771. The van der Waals surface area contributed by atoms with Crippen LogP contribution in [-0.4, -0.2) is 9.55 Å². The maximum atomic E-state index is 12.6. The Balaban J connectivity index is 2.75. The summed E-state index contributed by atoms with van der Waals surface area (Å²) >= 11 is 0. The van der Waals surface area contributed by atoms with Gasteiger partial charge in [-0.3, -0.25) is 4.79 Å². The average Bonchev–Trinajstić information content (AvgIpc) is 2.33. The number of alkyl halides is 3. The second-order valence-corrected chi connectivity index (χ2v) is 4.88. The highest BCUT2D eigenvalue weighted by Crippen LogP contribution is 2.25. The molecule has 1 heterocycles. The predicted octanol–water partition coefficient (Wildman–Crippen LogP) is 2.47. The fourth-order valence-electron chi connectivity index (χ4n) is 2.06. The largest absolute Gasteiger partial charge is 0.431 e. The molecule has 0 radical (unpaired) electrons. The molecular formula is C14H13F3N2O2. The van der Waals surface area contributed by atoms with Gasteiger partial charge >= 0.3 is 11.9 Å². The van der Waals surface area contributed by atoms with Crippen molar-refractivity contribution in [2.45, 2.75) is 26.9 Å². The van der Waals surface area contributed by atoms with Crippen molar-refractivity contribution in [1.29, 1.82) is 0 Å². The van der Waals surface area contributed by atoms with Crippen LogP contribution in [0.1, 0.15) is 22.4 Å². The van der Waals surface area contributed by atoms with Crippen LogP contribution in [0, 0.1) is 20.8 Å². The maximum Gasteiger partial charge on any atom is 0.431 e. The van der Waals surface area contributed by atoms with Crippen LogP contribution in [0.5, 0.6) is 0 Å². The molecule has 0 aliphatic rings. The Morgan fingerprint density at radius 1 is 0.952 bits per heavy atom. The first-order valence-corrected chi connectivity index (χ1v) is 6.13. The molecule has 7 heteroatoms. The molecule has 1 N–H and O–H groups in total. The monoisotopic (exact) mass is 298 g/mol. The van der Waals surface area contributed by atoms with Gasteiger partial charge in [0.2, 0.25) is 0 Å². The van der Waals surface area contributed by atoms with Crippen LogP contribution in [0.15, 0.2) is 27.8 Å². The van der Waals surface area contributed by atoms with Crippen molar-refractivity contribution in [1.82, 2.24) is 9.55 Å². The number of H-pyrrole nitrogens is 1. The number of nitrogens with one attached hydrogen (secondary N) is 1. The van der Waals surface area contributed by atoms with Crippen molar-refractivity contribution in [3.8, 4) is 5.69 Å². The van der Waals surface area contributed by atoms with E-state index in [0.717, 1.165) is 11.1 Å². The molecule has 0 saturated heterocycles. The highest BCUT2D eigenvalue weighted by atomic mass is 19.4. The second kappa shape index (κ2) is 4.91. The second-order valence-electron chi connectivity index (χ2n) is 4.88. The van der Waals surface area contributed by atoms with E-state index in [1.54, 1.807) is 31.0 Å². The minimum Gasteiger partial charge on any atom is -0.303 e. The van der Waals surface area contributed by atoms with Crippen LogP contribution in [0.2, 0.25) is 0 Å². The van der Waals surface area contributed by atoms with Gasteiger partial charge in [0.15, 0.2) is 0 Å². The molecular weight excluding hydrogens is 285 g/mol. The van der Waals surface area contributed by atoms with E-state index in [4.69, 9.17) is 0 Å². The molecule has 1 aromatic carbocycles. The van der Waals surface area contributed by atoms with Crippen LogP contribution in [0.4, 0.5) is 13.2 Å². The maximum absolute atomic E-state index is 12.6. The number of benzene rings is 1. The van der Waals surface area contributed by atoms with Crippen molar-refractivity contribution in [2.24, 2.45) is 0 Å². The Hall–Kier alpha value is -2.31. The normalized spacial score (nSPS) is 11.7. The first kappa shape index (κ1) is 15.1. The number of hydrogen-bond donors (Lipinski definition) is 1. The molecule has 0 bridgehead atoms. The van der Waals surface area contributed by atoms with E-state index >= 15 is 0 Å². The topological polar surface area (TPSA) is 54.9 Å². The van der Waals surface area contributed by atoms with Gasteiger partial charge in [-0.1, -0.05) is 6.07 Å². The molecule has 2 aromatic rings. The van der Waals surface area contributed by atoms with Crippen molar-refractivity contribution in [3.63, 3.8) is 0 Å². The van der Waals surface area contributed by atoms with E-state index in [9.17, 15) is 22.8 Å². The van der Waals surface area contributed by atoms with E-state index in [-0.39, 0.29) is 5.69 Å². The van der Waals surface area contributed by atoms with Gasteiger partial charge in [-0.2, -0.15) is 13.2 Å². The van der Waals surface area contributed by atoms with Crippen LogP contribution in [0.25, 0.3) is 5.69 Å². The van der Waals surface area contributed by atoms with Crippen molar-refractivity contribution < 1.29 is 13.2 Å². The summed E-state index contributed by atoms with van der Waals surface area (Å²) in [5.74, 6) is 0. The zero-order valence-electron chi connectivity index (χ0n) is 11.6. The Morgan fingerprint density at radius 3 is 2.05 bits per heavy atom. The van der Waals surface area contributed by atoms with E-state index in [1.165, 1.54) is 0 Å². The minimum atomic E-state index is -4.77. The molecule has 0 unspecified atom stereocenters. The van der Waals surface area contributed by atoms with Crippen LogP contribution in [0.3, 0.4) is 0 Å². The molecule has 1 aromatic heterocycles. The molecule has 2 rings (SSSR count). The first-order chi connectivity index (χ1) is 9.61. The SMILES string of the molecule is Cc1cc(C)c(-n2c(=O)cc(C(F)(F)F)[nH]c2=O)cc1C. The van der Waals surface area contributed by atoms with Crippen LogP contribution >= 0.6 is 0 Å². The first-order valence-electron chi connectivity index (χ1n) is 6.13. The van der Waals surface area contributed by atoms with E-state index in [0.29, 0.717) is 16.2 Å². The predicted molar refractivity (Wildman–Crippen MR) is 71.9 cm³/mol. The summed E-state index contributed by atoms with van der Waals surface area (Å²) in [5, 5.41) is 0. The van der Waals surface area contributed by atoms with Gasteiger partial charge in [0.1, 0.15) is 5.69 Å². The Morgan fingerprint density at radius 2 is 1.52 bits per heavy atom. The number of aryl methyl sites for hydroxylation is 3. The molecule has 0 atom stereocenters. The number of nitrogens with zero attached hydrogens (tertiary/aromatic N) is 1. The Kier molecular flexibility index (Phi) is 3.52. The number of aromatic nitrogens is 2. The fourth-order valence-corrected chi connectivity index (χ4v) is 2.06. The van der Waals surface area contributed by atoms with Gasteiger partial charge in [0.05, 0.1) is 5.69 Å². The summed E-state index contributed by atoms with van der Waals surface area (Å²) in [6.45, 7) is 5.35. The molecule has 0 saturated carbocycles. The summed E-state index contributed by atoms with van der Waals surface area (Å²) in [7, 11) is 0. The highest BCUT2D eigenvalue weighted by molar-refractivity contribution is 5.46. The zero-order chi connectivity index (χ0) is 15.9. The molecule has 0 amide bonds. The third kappa shape index (κ3) is 2.76. The molecule has 0 fully saturated rings. The number of aromatic amines is 1. The smallest absolute Gasteiger partial charge is 0.303 e. The Labute approximate surface area is 117 Å². The zero-order valence-corrected chi connectivity index (χ0v) is 11.6. The molecule has 0 aliphatic heterocycles. The fraction of sp³-hybridized carbons (Fsp3) is 0.286. The number of hydrogen-bond acceptors (Lipinski definition) is 2. The number of halogens is 3. The molecule has 112 valence electrons. The van der Waals surface area contributed by atoms with Crippen molar-refractivity contribution in [2.75, 3.05) is 0 Å². The Bertz CT molecular complexity index is 785. The van der Waals surface area contributed by atoms with E-state index < -0.39 is 23.1 Å². The van der Waals surface area contributed by atoms with Crippen LogP contribution in [-0.2, 0) is 6.18 Å². The van der Waals surface area contributed by atoms with Gasteiger partial charge in [-0.05, 0) is 43.5 Å². The quantitative estimate of drug-likeness (QED) is 0.879. The number of rotatable bonds is 1. The molecule has 0 aliphatic carbocycles. The third-order valence-electron chi connectivity index (χ3n) is 3.29. The van der Waals surface area contributed by atoms with Crippen molar-refractivity contribution in [3.05, 3.63) is 61.4 Å². The minimum absolute atomic E-state index is 0.276. The van der Waals surface area contributed by atoms with Crippen molar-refractivity contribution >= 4 is 0 Å². The van der Waals surface area contributed by atoms with Crippen LogP contribution < -0.4 is 11.2 Å². The van der Waals surface area contributed by atoms with E-state index in [2.05, 4.69) is 0 Å². The lowest BCUT2D eigenvalue weighted by Crippen LogP contribution is -2.36. The summed E-state index contributed by atoms with van der Waals surface area (Å²) in [4.78, 5) is 25.5. The summed E-state index contributed by atoms with van der Waals surface area (Å²) in [6, 6.07) is 3.76. The van der Waals surface area contributed by atoms with Gasteiger partial charge in [0, 0.05) is 6.07 Å². The summed E-state index contributed by atoms with van der Waals surface area (Å²) in [6.07, 6.45) is -4.77. The highest BCUT2D eigenvalue weighted by Gasteiger charge is 2.33. The van der Waals surface area contributed by atoms with Gasteiger partial charge in [-0.25, -0.2) is 9.36 Å². The lowest BCUT2D eigenvalue weighted by atomic mass is 10.0. The summed E-state index contributed by atoms with van der Waals surface area (Å²) < 4.78 is 38.4. The molecule has 4 nitrogen and oxygen atoms in total. The molecule has 21 heavy (non-hydrogen) atoms. The lowest BCUT2D eigenvalue weighted by molar-refractivity contribution is -0.141. The van der Waals surface area contributed by atoms with Gasteiger partial charge in [0.25, 0.3) is 5.56 Å². The molecule has 0 spiro atoms. The standard InChI is InChI=1S/C14H13F3N2O2/c1-7-4-9(3)10(5-8(7)2)19-12(20)6-11(14(15,16)17)18-13(19)21/h4-6H,1-3H3,(H,18,21). The van der Waals surface area contributed by atoms with Gasteiger partial charge < -0.3 is 4.98 Å². The van der Waals surface area contributed by atoms with Gasteiger partial charge in [-0.15, -0.1) is 0 Å². The van der Waals surface area contributed by atoms with E-state index in [1.807, 2.05) is 6.92 Å².